The van der Waals surface area contributed by atoms with Crippen LogP contribution in [0.2, 0.25) is 5.02 Å². The van der Waals surface area contributed by atoms with Crippen LogP contribution in [-0.2, 0) is 16.0 Å². The molecule has 1 aromatic carbocycles. The Morgan fingerprint density at radius 3 is 2.70 bits per heavy atom. The number of ether oxygens (including phenoxy) is 2. The Bertz CT molecular complexity index is 687. The molecule has 0 aliphatic carbocycles. The van der Waals surface area contributed by atoms with Crippen molar-refractivity contribution in [2.45, 2.75) is 32.6 Å². The van der Waals surface area contributed by atoms with Gasteiger partial charge in [0.25, 0.3) is 0 Å². The molecule has 0 amide bonds. The molecular weight excluding hydrogens is 325 g/mol. The smallest absolute Gasteiger partial charge is 0.315 e. The monoisotopic (exact) mass is 341 g/mol. The molecule has 1 aliphatic rings. The summed E-state index contributed by atoms with van der Waals surface area (Å²) in [6, 6.07) is 3.14. The number of halogens is 2. The van der Waals surface area contributed by atoms with E-state index < -0.39 is 12.1 Å². The fraction of sp³-hybridized carbons (Fsp3) is 0.467. The standard InChI is InChI=1S/C15H17ClFN3O3/c1-8(2)13-19-20-15(23-13)18-7-10-11(17)4-3-9(12(10)16)14-21-5-6-22-14/h3-4,8,14H,5-7H2,1-2H3,(H,18,20). The van der Waals surface area contributed by atoms with Gasteiger partial charge < -0.3 is 19.2 Å². The van der Waals surface area contributed by atoms with Gasteiger partial charge in [-0.3, -0.25) is 0 Å². The van der Waals surface area contributed by atoms with Gasteiger partial charge in [-0.1, -0.05) is 30.5 Å². The van der Waals surface area contributed by atoms with E-state index in [0.29, 0.717) is 30.2 Å². The predicted octanol–water partition coefficient (Wildman–Crippen LogP) is 3.64. The number of benzene rings is 1. The van der Waals surface area contributed by atoms with Crippen LogP contribution in [0.3, 0.4) is 0 Å². The highest BCUT2D eigenvalue weighted by Crippen LogP contribution is 2.33. The largest absolute Gasteiger partial charge is 0.408 e. The lowest BCUT2D eigenvalue weighted by atomic mass is 10.1. The van der Waals surface area contributed by atoms with E-state index in [4.69, 9.17) is 25.5 Å². The highest BCUT2D eigenvalue weighted by Gasteiger charge is 2.24. The summed E-state index contributed by atoms with van der Waals surface area (Å²) in [5.41, 5.74) is 0.906. The van der Waals surface area contributed by atoms with Crippen molar-refractivity contribution in [3.8, 4) is 0 Å². The summed E-state index contributed by atoms with van der Waals surface area (Å²) in [4.78, 5) is 0. The minimum Gasteiger partial charge on any atom is -0.408 e. The summed E-state index contributed by atoms with van der Waals surface area (Å²) in [6.07, 6.45) is -0.558. The van der Waals surface area contributed by atoms with E-state index in [2.05, 4.69) is 15.5 Å². The summed E-state index contributed by atoms with van der Waals surface area (Å²) in [6.45, 7) is 4.99. The molecule has 1 aromatic heterocycles. The molecule has 0 atom stereocenters. The van der Waals surface area contributed by atoms with Gasteiger partial charge in [0.15, 0.2) is 6.29 Å². The average molecular weight is 342 g/mol. The van der Waals surface area contributed by atoms with Gasteiger partial charge in [-0.15, -0.1) is 5.10 Å². The number of anilines is 1. The van der Waals surface area contributed by atoms with Crippen molar-refractivity contribution in [2.75, 3.05) is 18.5 Å². The molecule has 0 bridgehead atoms. The Balaban J connectivity index is 1.77. The number of aromatic nitrogens is 2. The minimum atomic E-state index is -0.558. The zero-order valence-corrected chi connectivity index (χ0v) is 13.6. The molecule has 6 nitrogen and oxygen atoms in total. The molecule has 3 rings (SSSR count). The molecule has 0 spiro atoms. The lowest BCUT2D eigenvalue weighted by molar-refractivity contribution is -0.0441. The maximum atomic E-state index is 14.1. The Morgan fingerprint density at radius 1 is 1.30 bits per heavy atom. The van der Waals surface area contributed by atoms with E-state index in [9.17, 15) is 4.39 Å². The van der Waals surface area contributed by atoms with E-state index in [1.54, 1.807) is 6.07 Å². The lowest BCUT2D eigenvalue weighted by Crippen LogP contribution is -2.07. The van der Waals surface area contributed by atoms with Crippen molar-refractivity contribution >= 4 is 17.6 Å². The van der Waals surface area contributed by atoms with Gasteiger partial charge in [0, 0.05) is 23.6 Å². The van der Waals surface area contributed by atoms with E-state index in [1.165, 1.54) is 6.07 Å². The Morgan fingerprint density at radius 2 is 2.04 bits per heavy atom. The second-order valence-corrected chi connectivity index (χ2v) is 5.83. The van der Waals surface area contributed by atoms with Crippen molar-refractivity contribution in [3.63, 3.8) is 0 Å². The molecule has 2 aromatic rings. The molecule has 0 unspecified atom stereocenters. The van der Waals surface area contributed by atoms with Crippen LogP contribution in [0.4, 0.5) is 10.4 Å². The summed E-state index contributed by atoms with van der Waals surface area (Å²) in [5, 5.41) is 10.9. The first-order chi connectivity index (χ1) is 11.1. The maximum absolute atomic E-state index is 14.1. The van der Waals surface area contributed by atoms with Gasteiger partial charge in [0.05, 0.1) is 18.2 Å². The first-order valence-electron chi connectivity index (χ1n) is 7.33. The van der Waals surface area contributed by atoms with Crippen LogP contribution in [0.5, 0.6) is 0 Å². The molecular formula is C15H17ClFN3O3. The first kappa shape index (κ1) is 16.2. The maximum Gasteiger partial charge on any atom is 0.315 e. The molecule has 2 heterocycles. The summed E-state index contributed by atoms with van der Waals surface area (Å²) in [5.74, 6) is 0.215. The highest BCUT2D eigenvalue weighted by atomic mass is 35.5. The predicted molar refractivity (Wildman–Crippen MR) is 81.8 cm³/mol. The first-order valence-corrected chi connectivity index (χ1v) is 7.71. The zero-order valence-electron chi connectivity index (χ0n) is 12.8. The molecule has 0 radical (unpaired) electrons. The lowest BCUT2D eigenvalue weighted by Gasteiger charge is -2.15. The molecule has 1 N–H and O–H groups in total. The van der Waals surface area contributed by atoms with Crippen LogP contribution in [-0.4, -0.2) is 23.4 Å². The SMILES string of the molecule is CC(C)c1nnc(NCc2c(F)ccc(C3OCCO3)c2Cl)o1. The van der Waals surface area contributed by atoms with E-state index in [-0.39, 0.29) is 23.5 Å². The van der Waals surface area contributed by atoms with E-state index >= 15 is 0 Å². The normalized spacial score (nSPS) is 15.5. The average Bonchev–Trinajstić information content (AvgIpc) is 3.18. The third-order valence-electron chi connectivity index (χ3n) is 3.44. The number of rotatable bonds is 5. The Labute approximate surface area is 137 Å². The van der Waals surface area contributed by atoms with E-state index in [0.717, 1.165) is 0 Å². The number of hydrogen-bond donors (Lipinski definition) is 1. The molecule has 1 saturated heterocycles. The van der Waals surface area contributed by atoms with Crippen molar-refractivity contribution < 1.29 is 18.3 Å². The van der Waals surface area contributed by atoms with Crippen LogP contribution < -0.4 is 5.32 Å². The third kappa shape index (κ3) is 3.46. The molecule has 1 fully saturated rings. The topological polar surface area (TPSA) is 69.4 Å². The van der Waals surface area contributed by atoms with Crippen LogP contribution in [0.25, 0.3) is 0 Å². The Kier molecular flexibility index (Phi) is 4.79. The van der Waals surface area contributed by atoms with Crippen LogP contribution in [0.1, 0.15) is 43.1 Å². The molecule has 0 saturated carbocycles. The van der Waals surface area contributed by atoms with Gasteiger partial charge >= 0.3 is 6.01 Å². The van der Waals surface area contributed by atoms with Gasteiger partial charge in [-0.05, 0) is 12.1 Å². The van der Waals surface area contributed by atoms with Gasteiger partial charge in [-0.25, -0.2) is 4.39 Å². The zero-order chi connectivity index (χ0) is 16.4. The van der Waals surface area contributed by atoms with Crippen molar-refractivity contribution in [1.29, 1.82) is 0 Å². The minimum absolute atomic E-state index is 0.116. The Hall–Kier alpha value is -1.70. The number of hydrogen-bond acceptors (Lipinski definition) is 6. The van der Waals surface area contributed by atoms with Crippen molar-refractivity contribution in [2.24, 2.45) is 0 Å². The van der Waals surface area contributed by atoms with Crippen molar-refractivity contribution in [1.82, 2.24) is 10.2 Å². The van der Waals surface area contributed by atoms with Crippen LogP contribution >= 0.6 is 11.6 Å². The molecule has 1 aliphatic heterocycles. The third-order valence-corrected chi connectivity index (χ3v) is 3.89. The van der Waals surface area contributed by atoms with Crippen LogP contribution in [0, 0.1) is 5.82 Å². The van der Waals surface area contributed by atoms with E-state index in [1.807, 2.05) is 13.8 Å². The molecule has 23 heavy (non-hydrogen) atoms. The quantitative estimate of drug-likeness (QED) is 0.895. The number of nitrogens with one attached hydrogen (secondary N) is 1. The van der Waals surface area contributed by atoms with Crippen molar-refractivity contribution in [3.05, 3.63) is 40.0 Å². The molecule has 8 heteroatoms. The second-order valence-electron chi connectivity index (χ2n) is 5.46. The second kappa shape index (κ2) is 6.82. The van der Waals surface area contributed by atoms with Crippen LogP contribution in [0.15, 0.2) is 16.5 Å². The molecule has 124 valence electrons. The summed E-state index contributed by atoms with van der Waals surface area (Å²) < 4.78 is 30.3. The number of nitrogens with zero attached hydrogens (tertiary/aromatic N) is 2. The van der Waals surface area contributed by atoms with Gasteiger partial charge in [0.2, 0.25) is 5.89 Å². The summed E-state index contributed by atoms with van der Waals surface area (Å²) in [7, 11) is 0. The summed E-state index contributed by atoms with van der Waals surface area (Å²) >= 11 is 6.31. The van der Waals surface area contributed by atoms with Gasteiger partial charge in [-0.2, -0.15) is 0 Å². The highest BCUT2D eigenvalue weighted by molar-refractivity contribution is 6.32. The fourth-order valence-electron chi connectivity index (χ4n) is 2.20. The van der Waals surface area contributed by atoms with Gasteiger partial charge in [0.1, 0.15) is 5.82 Å². The fourth-order valence-corrected chi connectivity index (χ4v) is 2.51.